The van der Waals surface area contributed by atoms with E-state index in [9.17, 15) is 14.4 Å². The lowest BCUT2D eigenvalue weighted by Crippen LogP contribution is -2.42. The lowest BCUT2D eigenvalue weighted by molar-refractivity contribution is -0.136. The molecular formula is C28H35N3O3S. The summed E-state index contributed by atoms with van der Waals surface area (Å²) in [7, 11) is 0. The summed E-state index contributed by atoms with van der Waals surface area (Å²) in [4.78, 5) is 41.9. The average molecular weight is 494 g/mol. The number of aromatic nitrogens is 2. The lowest BCUT2D eigenvalue weighted by Gasteiger charge is -2.32. The first-order valence-electron chi connectivity index (χ1n) is 13.1. The number of thiophene rings is 1. The van der Waals surface area contributed by atoms with E-state index in [0.29, 0.717) is 23.7 Å². The van der Waals surface area contributed by atoms with E-state index in [1.54, 1.807) is 4.57 Å². The average Bonchev–Trinajstić information content (AvgIpc) is 3.19. The fourth-order valence-corrected chi connectivity index (χ4v) is 6.68. The number of carbonyl (C=O) groups is 1. The molecule has 0 radical (unpaired) electrons. The van der Waals surface area contributed by atoms with Gasteiger partial charge in [-0.25, -0.2) is 4.79 Å². The molecule has 2 aromatic heterocycles. The van der Waals surface area contributed by atoms with Crippen molar-refractivity contribution in [2.45, 2.75) is 71.4 Å². The molecule has 3 heterocycles. The highest BCUT2D eigenvalue weighted by molar-refractivity contribution is 7.17. The topological polar surface area (TPSA) is 64.3 Å². The molecule has 3 aromatic rings. The van der Waals surface area contributed by atoms with E-state index in [0.717, 1.165) is 68.3 Å². The predicted octanol–water partition coefficient (Wildman–Crippen LogP) is 4.79. The highest BCUT2D eigenvalue weighted by Crippen LogP contribution is 2.31. The zero-order valence-corrected chi connectivity index (χ0v) is 21.4. The highest BCUT2D eigenvalue weighted by Gasteiger charge is 2.30. The maximum absolute atomic E-state index is 13.5. The van der Waals surface area contributed by atoms with Crippen LogP contribution in [-0.4, -0.2) is 33.0 Å². The van der Waals surface area contributed by atoms with Gasteiger partial charge in [0, 0.05) is 25.6 Å². The first-order valence-corrected chi connectivity index (χ1v) is 13.9. The van der Waals surface area contributed by atoms with Crippen LogP contribution in [-0.2, 0) is 17.9 Å². The van der Waals surface area contributed by atoms with Crippen molar-refractivity contribution in [1.82, 2.24) is 14.0 Å². The third-order valence-corrected chi connectivity index (χ3v) is 8.71. The van der Waals surface area contributed by atoms with Crippen molar-refractivity contribution in [1.29, 1.82) is 0 Å². The van der Waals surface area contributed by atoms with Crippen molar-refractivity contribution in [2.24, 2.45) is 11.8 Å². The predicted molar refractivity (Wildman–Crippen MR) is 141 cm³/mol. The number of likely N-dealkylation sites (tertiary alicyclic amines) is 1. The van der Waals surface area contributed by atoms with Gasteiger partial charge < -0.3 is 4.90 Å². The zero-order valence-electron chi connectivity index (χ0n) is 20.6. The minimum absolute atomic E-state index is 0.0961. The molecule has 0 atom stereocenters. The molecule has 7 heteroatoms. The summed E-state index contributed by atoms with van der Waals surface area (Å²) < 4.78 is 3.84. The number of hydrogen-bond donors (Lipinski definition) is 0. The number of rotatable bonds is 5. The first kappa shape index (κ1) is 24.0. The van der Waals surface area contributed by atoms with Crippen LogP contribution in [0.2, 0.25) is 0 Å². The largest absolute Gasteiger partial charge is 0.342 e. The van der Waals surface area contributed by atoms with Crippen LogP contribution in [0.25, 0.3) is 10.2 Å². The molecule has 6 nitrogen and oxygen atoms in total. The molecule has 1 amide bonds. The Kier molecular flexibility index (Phi) is 7.23. The third-order valence-electron chi connectivity index (χ3n) is 7.81. The number of benzene rings is 1. The fourth-order valence-electron chi connectivity index (χ4n) is 5.84. The quantitative estimate of drug-likeness (QED) is 0.513. The molecule has 0 bridgehead atoms. The molecule has 1 saturated heterocycles. The Balaban J connectivity index is 1.33. The standard InChI is InChI=1S/C28H35N3O3S/c1-20-7-6-8-22(17-20)19-30-24-13-16-35-25(24)27(33)31(28(30)34)18-21-9-11-23(12-10-21)26(32)29-14-4-2-3-5-15-29/h6-8,13,16-17,21,23H,2-5,9-12,14-15,18-19H2,1H3. The van der Waals surface area contributed by atoms with E-state index < -0.39 is 0 Å². The Bertz CT molecular complexity index is 1300. The van der Waals surface area contributed by atoms with Gasteiger partial charge in [0.1, 0.15) is 4.70 Å². The second-order valence-corrected chi connectivity index (χ2v) is 11.3. The summed E-state index contributed by atoms with van der Waals surface area (Å²) in [5, 5.41) is 1.89. The minimum atomic E-state index is -0.231. The van der Waals surface area contributed by atoms with E-state index in [1.165, 1.54) is 28.7 Å². The van der Waals surface area contributed by atoms with Crippen molar-refractivity contribution in [3.63, 3.8) is 0 Å². The summed E-state index contributed by atoms with van der Waals surface area (Å²) in [6, 6.07) is 10.0. The molecule has 1 aromatic carbocycles. The Morgan fingerprint density at radius 1 is 0.971 bits per heavy atom. The van der Waals surface area contributed by atoms with Gasteiger partial charge in [0.2, 0.25) is 5.91 Å². The molecule has 0 N–H and O–H groups in total. The number of nitrogens with zero attached hydrogens (tertiary/aromatic N) is 3. The number of aryl methyl sites for hydroxylation is 1. The second-order valence-electron chi connectivity index (χ2n) is 10.4. The molecule has 1 saturated carbocycles. The molecule has 1 aliphatic carbocycles. The van der Waals surface area contributed by atoms with Gasteiger partial charge in [-0.15, -0.1) is 11.3 Å². The van der Waals surface area contributed by atoms with Crippen molar-refractivity contribution >= 4 is 27.5 Å². The molecular weight excluding hydrogens is 458 g/mol. The second kappa shape index (κ2) is 10.5. The Morgan fingerprint density at radius 2 is 1.71 bits per heavy atom. The van der Waals surface area contributed by atoms with Gasteiger partial charge in [0.05, 0.1) is 12.1 Å². The molecule has 0 unspecified atom stereocenters. The molecule has 0 spiro atoms. The third kappa shape index (κ3) is 5.15. The fraction of sp³-hybridized carbons (Fsp3) is 0.536. The monoisotopic (exact) mass is 493 g/mol. The molecule has 2 aliphatic rings. The maximum Gasteiger partial charge on any atom is 0.331 e. The molecule has 5 rings (SSSR count). The van der Waals surface area contributed by atoms with Gasteiger partial charge in [-0.3, -0.25) is 18.7 Å². The molecule has 2 fully saturated rings. The van der Waals surface area contributed by atoms with Crippen LogP contribution >= 0.6 is 11.3 Å². The van der Waals surface area contributed by atoms with E-state index in [2.05, 4.69) is 11.0 Å². The van der Waals surface area contributed by atoms with Crippen molar-refractivity contribution < 1.29 is 4.79 Å². The van der Waals surface area contributed by atoms with Crippen LogP contribution < -0.4 is 11.2 Å². The number of amides is 1. The first-order chi connectivity index (χ1) is 17.0. The van der Waals surface area contributed by atoms with Gasteiger partial charge in [-0.2, -0.15) is 0 Å². The van der Waals surface area contributed by atoms with E-state index in [4.69, 9.17) is 0 Å². The van der Waals surface area contributed by atoms with E-state index in [-0.39, 0.29) is 23.1 Å². The Labute approximate surface area is 210 Å². The molecule has 186 valence electrons. The van der Waals surface area contributed by atoms with Crippen molar-refractivity contribution in [3.8, 4) is 0 Å². The molecule has 35 heavy (non-hydrogen) atoms. The Morgan fingerprint density at radius 3 is 2.43 bits per heavy atom. The molecule has 1 aliphatic heterocycles. The van der Waals surface area contributed by atoms with Crippen LogP contribution in [0.15, 0.2) is 45.3 Å². The number of carbonyl (C=O) groups excluding carboxylic acids is 1. The van der Waals surface area contributed by atoms with Crippen molar-refractivity contribution in [2.75, 3.05) is 13.1 Å². The SMILES string of the molecule is Cc1cccc(Cn2c(=O)n(CC3CCC(C(=O)N4CCCCCC4)CC3)c(=O)c3sccc32)c1. The summed E-state index contributed by atoms with van der Waals surface area (Å²) >= 11 is 1.41. The summed E-state index contributed by atoms with van der Waals surface area (Å²) in [6.45, 7) is 4.72. The van der Waals surface area contributed by atoms with Crippen LogP contribution in [0.3, 0.4) is 0 Å². The maximum atomic E-state index is 13.5. The van der Waals surface area contributed by atoms with E-state index >= 15 is 0 Å². The normalized spacial score (nSPS) is 21.2. The van der Waals surface area contributed by atoms with E-state index in [1.807, 2.05) is 36.6 Å². The van der Waals surface area contributed by atoms with Gasteiger partial charge in [-0.05, 0) is 68.4 Å². The lowest BCUT2D eigenvalue weighted by atomic mass is 9.81. The smallest absolute Gasteiger partial charge is 0.331 e. The summed E-state index contributed by atoms with van der Waals surface area (Å²) in [6.07, 6.45) is 8.16. The number of fused-ring (bicyclic) bond motifs is 1. The van der Waals surface area contributed by atoms with Crippen LogP contribution in [0, 0.1) is 18.8 Å². The Hall–Kier alpha value is -2.67. The number of hydrogen-bond acceptors (Lipinski definition) is 4. The summed E-state index contributed by atoms with van der Waals surface area (Å²) in [5.41, 5.74) is 2.51. The van der Waals surface area contributed by atoms with Gasteiger partial charge in [0.25, 0.3) is 5.56 Å². The summed E-state index contributed by atoms with van der Waals surface area (Å²) in [5.74, 6) is 0.667. The minimum Gasteiger partial charge on any atom is -0.342 e. The van der Waals surface area contributed by atoms with Crippen molar-refractivity contribution in [3.05, 3.63) is 67.7 Å². The highest BCUT2D eigenvalue weighted by atomic mass is 32.1. The van der Waals surface area contributed by atoms with Gasteiger partial charge in [-0.1, -0.05) is 42.7 Å². The van der Waals surface area contributed by atoms with Crippen LogP contribution in [0.4, 0.5) is 0 Å². The zero-order chi connectivity index (χ0) is 24.4. The van der Waals surface area contributed by atoms with Crippen LogP contribution in [0.1, 0.15) is 62.5 Å². The van der Waals surface area contributed by atoms with Crippen LogP contribution in [0.5, 0.6) is 0 Å². The van der Waals surface area contributed by atoms with Gasteiger partial charge >= 0.3 is 5.69 Å². The van der Waals surface area contributed by atoms with Gasteiger partial charge in [0.15, 0.2) is 0 Å².